The van der Waals surface area contributed by atoms with Gasteiger partial charge in [0.05, 0.1) is 11.6 Å². The minimum absolute atomic E-state index is 0.0740. The maximum Gasteiger partial charge on any atom is 0.404 e. The molecule has 7 nitrogen and oxygen atoms in total. The molecule has 2 heterocycles. The van der Waals surface area contributed by atoms with Gasteiger partial charge >= 0.3 is 6.09 Å². The van der Waals surface area contributed by atoms with Crippen molar-refractivity contribution in [2.75, 3.05) is 0 Å². The summed E-state index contributed by atoms with van der Waals surface area (Å²) in [6.45, 7) is 0.774. The van der Waals surface area contributed by atoms with Crippen LogP contribution in [-0.2, 0) is 6.54 Å². The van der Waals surface area contributed by atoms with E-state index < -0.39 is 6.09 Å². The fourth-order valence-electron chi connectivity index (χ4n) is 2.89. The predicted octanol–water partition coefficient (Wildman–Crippen LogP) is 2.31. The number of hydrogen-bond donors (Lipinski definition) is 2. The van der Waals surface area contributed by atoms with E-state index in [0.29, 0.717) is 5.92 Å². The molecule has 2 N–H and O–H groups in total. The number of carbonyl (C=O) groups is 1. The van der Waals surface area contributed by atoms with Gasteiger partial charge in [0.15, 0.2) is 5.65 Å². The van der Waals surface area contributed by atoms with Crippen LogP contribution in [0.3, 0.4) is 0 Å². The van der Waals surface area contributed by atoms with E-state index in [4.69, 9.17) is 16.7 Å². The Morgan fingerprint density at radius 1 is 1.38 bits per heavy atom. The van der Waals surface area contributed by atoms with Crippen molar-refractivity contribution in [3.05, 3.63) is 17.7 Å². The van der Waals surface area contributed by atoms with Gasteiger partial charge in [0.2, 0.25) is 5.28 Å². The van der Waals surface area contributed by atoms with Gasteiger partial charge in [0.1, 0.15) is 0 Å². The highest BCUT2D eigenvalue weighted by molar-refractivity contribution is 6.28. The van der Waals surface area contributed by atoms with Gasteiger partial charge in [-0.1, -0.05) is 0 Å². The van der Waals surface area contributed by atoms with Crippen LogP contribution < -0.4 is 5.32 Å². The van der Waals surface area contributed by atoms with Crippen molar-refractivity contribution in [1.82, 2.24) is 25.1 Å². The number of aromatic nitrogens is 4. The van der Waals surface area contributed by atoms with Gasteiger partial charge in [0.25, 0.3) is 0 Å². The van der Waals surface area contributed by atoms with E-state index in [9.17, 15) is 4.79 Å². The van der Waals surface area contributed by atoms with Gasteiger partial charge in [0, 0.05) is 18.8 Å². The Kier molecular flexibility index (Phi) is 3.92. The molecule has 1 amide bonds. The molecule has 0 aromatic carbocycles. The molecule has 0 saturated heterocycles. The Morgan fingerprint density at radius 3 is 2.86 bits per heavy atom. The molecule has 0 bridgehead atoms. The molecule has 0 spiro atoms. The van der Waals surface area contributed by atoms with Gasteiger partial charge in [-0.3, -0.25) is 0 Å². The van der Waals surface area contributed by atoms with E-state index in [1.165, 1.54) is 0 Å². The Morgan fingerprint density at radius 2 is 2.14 bits per heavy atom. The first-order chi connectivity index (χ1) is 10.1. The van der Waals surface area contributed by atoms with Crippen LogP contribution in [0, 0.1) is 5.92 Å². The van der Waals surface area contributed by atoms with Gasteiger partial charge in [-0.15, -0.1) is 0 Å². The third kappa shape index (κ3) is 3.24. The van der Waals surface area contributed by atoms with Crippen molar-refractivity contribution < 1.29 is 9.90 Å². The molecular formula is C13H16ClN5O2. The lowest BCUT2D eigenvalue weighted by molar-refractivity contribution is 0.180. The quantitative estimate of drug-likeness (QED) is 0.849. The van der Waals surface area contributed by atoms with Crippen LogP contribution in [0.25, 0.3) is 11.0 Å². The Labute approximate surface area is 126 Å². The number of carboxylic acid groups (broad SMARTS) is 1. The van der Waals surface area contributed by atoms with Crippen molar-refractivity contribution in [3.63, 3.8) is 0 Å². The van der Waals surface area contributed by atoms with E-state index in [1.807, 2.05) is 4.68 Å². The summed E-state index contributed by atoms with van der Waals surface area (Å²) in [4.78, 5) is 18.8. The van der Waals surface area contributed by atoms with Crippen molar-refractivity contribution in [2.24, 2.45) is 5.92 Å². The van der Waals surface area contributed by atoms with E-state index in [1.54, 1.807) is 12.4 Å². The van der Waals surface area contributed by atoms with Crippen molar-refractivity contribution >= 4 is 28.7 Å². The number of amides is 1. The molecule has 0 aliphatic heterocycles. The molecule has 1 fully saturated rings. The fraction of sp³-hybridized carbons (Fsp3) is 0.538. The number of nitrogens with zero attached hydrogens (tertiary/aromatic N) is 4. The van der Waals surface area contributed by atoms with Crippen molar-refractivity contribution in [1.29, 1.82) is 0 Å². The second-order valence-corrected chi connectivity index (χ2v) is 5.75. The van der Waals surface area contributed by atoms with Gasteiger partial charge in [-0.2, -0.15) is 10.1 Å². The fourth-order valence-corrected chi connectivity index (χ4v) is 3.02. The van der Waals surface area contributed by atoms with Crippen LogP contribution in [-0.4, -0.2) is 37.0 Å². The summed E-state index contributed by atoms with van der Waals surface area (Å²) >= 11 is 5.83. The zero-order valence-electron chi connectivity index (χ0n) is 11.4. The first-order valence-corrected chi connectivity index (χ1v) is 7.33. The first-order valence-electron chi connectivity index (χ1n) is 6.95. The number of nitrogens with one attached hydrogen (secondary N) is 1. The van der Waals surface area contributed by atoms with Crippen LogP contribution >= 0.6 is 11.6 Å². The summed E-state index contributed by atoms with van der Waals surface area (Å²) in [5, 5.41) is 16.7. The molecule has 1 aliphatic rings. The van der Waals surface area contributed by atoms with E-state index >= 15 is 0 Å². The molecule has 112 valence electrons. The molecule has 1 saturated carbocycles. The first kappa shape index (κ1) is 14.1. The Balaban J connectivity index is 1.64. The normalized spacial score (nSPS) is 22.3. The lowest BCUT2D eigenvalue weighted by Crippen LogP contribution is -2.37. The molecule has 2 aromatic rings. The van der Waals surface area contributed by atoms with Crippen LogP contribution in [0.1, 0.15) is 25.7 Å². The summed E-state index contributed by atoms with van der Waals surface area (Å²) in [6.07, 6.45) is 6.15. The van der Waals surface area contributed by atoms with Crippen molar-refractivity contribution in [2.45, 2.75) is 38.3 Å². The smallest absolute Gasteiger partial charge is 0.404 e. The number of hydrogen-bond acceptors (Lipinski definition) is 4. The lowest BCUT2D eigenvalue weighted by Gasteiger charge is -2.28. The highest BCUT2D eigenvalue weighted by Crippen LogP contribution is 2.26. The van der Waals surface area contributed by atoms with E-state index in [-0.39, 0.29) is 11.3 Å². The van der Waals surface area contributed by atoms with Crippen molar-refractivity contribution in [3.8, 4) is 0 Å². The minimum atomic E-state index is -0.942. The maximum atomic E-state index is 10.6. The number of rotatable bonds is 3. The highest BCUT2D eigenvalue weighted by Gasteiger charge is 2.23. The predicted molar refractivity (Wildman–Crippen MR) is 77.2 cm³/mol. The third-order valence-electron chi connectivity index (χ3n) is 3.95. The largest absolute Gasteiger partial charge is 0.465 e. The van der Waals surface area contributed by atoms with Crippen LogP contribution in [0.4, 0.5) is 4.79 Å². The summed E-state index contributed by atoms with van der Waals surface area (Å²) in [5.74, 6) is 0.480. The summed E-state index contributed by atoms with van der Waals surface area (Å²) in [6, 6.07) is 0.0740. The highest BCUT2D eigenvalue weighted by atomic mass is 35.5. The molecule has 0 unspecified atom stereocenters. The summed E-state index contributed by atoms with van der Waals surface area (Å²) in [7, 11) is 0. The average molecular weight is 310 g/mol. The molecule has 0 atom stereocenters. The van der Waals surface area contributed by atoms with E-state index in [0.717, 1.165) is 43.3 Å². The third-order valence-corrected chi connectivity index (χ3v) is 4.13. The summed E-state index contributed by atoms with van der Waals surface area (Å²) < 4.78 is 1.86. The molecular weight excluding hydrogens is 294 g/mol. The Bertz CT molecular complexity index is 651. The number of halogens is 1. The number of fused-ring (bicyclic) bond motifs is 1. The van der Waals surface area contributed by atoms with E-state index in [2.05, 4.69) is 20.4 Å². The molecule has 1 aliphatic carbocycles. The standard InChI is InChI=1S/C13H16ClN5O2/c14-12-15-5-9-6-16-19(11(9)18-12)7-8-1-3-10(4-2-8)17-13(20)21/h5-6,8,10,17H,1-4,7H2,(H,20,21). The zero-order valence-corrected chi connectivity index (χ0v) is 12.1. The van der Waals surface area contributed by atoms with Crippen LogP contribution in [0.2, 0.25) is 5.28 Å². The minimum Gasteiger partial charge on any atom is -0.465 e. The van der Waals surface area contributed by atoms with Gasteiger partial charge in [-0.05, 0) is 43.2 Å². The SMILES string of the molecule is O=C(O)NC1CCC(Cn2ncc3cnc(Cl)nc32)CC1. The molecule has 3 rings (SSSR count). The second kappa shape index (κ2) is 5.85. The monoisotopic (exact) mass is 309 g/mol. The summed E-state index contributed by atoms with van der Waals surface area (Å²) in [5.41, 5.74) is 0.751. The molecule has 8 heteroatoms. The second-order valence-electron chi connectivity index (χ2n) is 5.41. The van der Waals surface area contributed by atoms with Crippen LogP contribution in [0.5, 0.6) is 0 Å². The molecule has 2 aromatic heterocycles. The molecule has 21 heavy (non-hydrogen) atoms. The molecule has 0 radical (unpaired) electrons. The topological polar surface area (TPSA) is 92.9 Å². The van der Waals surface area contributed by atoms with Gasteiger partial charge in [-0.25, -0.2) is 14.5 Å². The zero-order chi connectivity index (χ0) is 14.8. The lowest BCUT2D eigenvalue weighted by atomic mass is 9.86. The average Bonchev–Trinajstić information content (AvgIpc) is 2.83. The Hall–Kier alpha value is -1.89. The maximum absolute atomic E-state index is 10.6. The van der Waals surface area contributed by atoms with Gasteiger partial charge < -0.3 is 10.4 Å². The van der Waals surface area contributed by atoms with Crippen LogP contribution in [0.15, 0.2) is 12.4 Å².